The van der Waals surface area contributed by atoms with Crippen LogP contribution in [-0.2, 0) is 19.1 Å². The van der Waals surface area contributed by atoms with E-state index >= 15 is 0 Å². The van der Waals surface area contributed by atoms with Gasteiger partial charge in [0, 0.05) is 13.1 Å². The predicted octanol–water partition coefficient (Wildman–Crippen LogP) is 3.84. The average Bonchev–Trinajstić information content (AvgIpc) is 2.94. The van der Waals surface area contributed by atoms with Crippen LogP contribution < -0.4 is 10.6 Å². The molecule has 2 rings (SSSR count). The summed E-state index contributed by atoms with van der Waals surface area (Å²) >= 11 is 3.63. The summed E-state index contributed by atoms with van der Waals surface area (Å²) in [4.78, 5) is 25.7. The Morgan fingerprint density at radius 1 is 0.700 bits per heavy atom. The lowest BCUT2D eigenvalue weighted by Gasteiger charge is -2.21. The number of esters is 2. The zero-order valence-corrected chi connectivity index (χ0v) is 24.6. The Kier molecular flexibility index (Phi) is 15.5. The van der Waals surface area contributed by atoms with Crippen LogP contribution in [0.1, 0.15) is 50.0 Å². The van der Waals surface area contributed by atoms with Gasteiger partial charge in [0.15, 0.2) is 23.0 Å². The van der Waals surface area contributed by atoms with Gasteiger partial charge < -0.3 is 40.5 Å². The highest BCUT2D eigenvalue weighted by atomic mass is 32.2. The third-order valence-corrected chi connectivity index (χ3v) is 7.73. The first-order valence-corrected chi connectivity index (χ1v) is 15.6. The molecular formula is C28H40N2O8S2. The fourth-order valence-electron chi connectivity index (χ4n) is 3.64. The van der Waals surface area contributed by atoms with E-state index in [1.54, 1.807) is 0 Å². The number of thioether (sulfide) groups is 2. The third kappa shape index (κ3) is 11.7. The van der Waals surface area contributed by atoms with Gasteiger partial charge in [0.1, 0.15) is 12.2 Å². The van der Waals surface area contributed by atoms with Crippen molar-refractivity contribution in [2.75, 3.05) is 49.2 Å². The van der Waals surface area contributed by atoms with Gasteiger partial charge in [-0.25, -0.2) is 9.59 Å². The number of carbonyl (C=O) groups is 2. The Morgan fingerprint density at radius 2 is 1.10 bits per heavy atom. The first kappa shape index (κ1) is 33.4. The van der Waals surface area contributed by atoms with Gasteiger partial charge in [-0.05, 0) is 84.3 Å². The SMILES string of the molecule is CCSCCCNC[C@H](OC(=O)C(=O)O[C@@H](CNCCCSCC)c1ccc(O)c(O)c1)c1ccc(O)c(O)c1. The van der Waals surface area contributed by atoms with E-state index in [9.17, 15) is 30.0 Å². The molecule has 222 valence electrons. The fourth-order valence-corrected chi connectivity index (χ4v) is 4.92. The number of phenolic OH excluding ortho intramolecular Hbond substituents is 4. The van der Waals surface area contributed by atoms with E-state index in [-0.39, 0.29) is 36.1 Å². The highest BCUT2D eigenvalue weighted by Crippen LogP contribution is 2.31. The lowest BCUT2D eigenvalue weighted by atomic mass is 10.1. The molecule has 6 N–H and O–H groups in total. The molecule has 12 heteroatoms. The van der Waals surface area contributed by atoms with Crippen LogP contribution in [0, 0.1) is 0 Å². The fraction of sp³-hybridized carbons (Fsp3) is 0.500. The molecular weight excluding hydrogens is 556 g/mol. The van der Waals surface area contributed by atoms with Crippen molar-refractivity contribution >= 4 is 35.5 Å². The first-order valence-electron chi connectivity index (χ1n) is 13.3. The largest absolute Gasteiger partial charge is 0.504 e. The standard InChI is InChI=1S/C28H40N2O8S2/c1-3-39-13-5-11-29-17-25(19-7-9-21(31)23(33)15-19)37-27(35)28(36)38-26(18-30-12-6-14-40-4-2)20-8-10-22(32)24(34)16-20/h7-10,15-16,25-26,29-34H,3-6,11-14,17-18H2,1-2H3/t25-,26-/m0/s1. The minimum Gasteiger partial charge on any atom is -0.504 e. The molecule has 10 nitrogen and oxygen atoms in total. The van der Waals surface area contributed by atoms with E-state index in [4.69, 9.17) is 9.47 Å². The van der Waals surface area contributed by atoms with Crippen LogP contribution in [0.3, 0.4) is 0 Å². The first-order chi connectivity index (χ1) is 19.3. The molecule has 0 saturated heterocycles. The summed E-state index contributed by atoms with van der Waals surface area (Å²) in [6.07, 6.45) is -0.0767. The van der Waals surface area contributed by atoms with E-state index in [0.717, 1.165) is 35.9 Å². The van der Waals surface area contributed by atoms with E-state index in [1.807, 2.05) is 23.5 Å². The Morgan fingerprint density at radius 3 is 1.45 bits per heavy atom. The van der Waals surface area contributed by atoms with E-state index in [2.05, 4.69) is 24.5 Å². The van der Waals surface area contributed by atoms with Crippen molar-refractivity contribution in [3.05, 3.63) is 47.5 Å². The number of rotatable bonds is 18. The number of benzene rings is 2. The van der Waals surface area contributed by atoms with E-state index in [1.165, 1.54) is 36.4 Å². The smallest absolute Gasteiger partial charge is 0.418 e. The van der Waals surface area contributed by atoms with Crippen LogP contribution in [0.4, 0.5) is 0 Å². The summed E-state index contributed by atoms with van der Waals surface area (Å²) in [5.41, 5.74) is 0.775. The highest BCUT2D eigenvalue weighted by Gasteiger charge is 2.28. The number of ether oxygens (including phenoxy) is 2. The van der Waals surface area contributed by atoms with Crippen molar-refractivity contribution in [3.63, 3.8) is 0 Å². The Hall–Kier alpha value is -2.80. The number of carbonyl (C=O) groups excluding carboxylic acids is 2. The molecule has 2 aromatic carbocycles. The van der Waals surface area contributed by atoms with Crippen LogP contribution in [0.2, 0.25) is 0 Å². The topological polar surface area (TPSA) is 158 Å². The third-order valence-electron chi connectivity index (χ3n) is 5.76. The van der Waals surface area contributed by atoms with Gasteiger partial charge in [0.2, 0.25) is 0 Å². The molecule has 40 heavy (non-hydrogen) atoms. The van der Waals surface area contributed by atoms with Gasteiger partial charge in [-0.15, -0.1) is 0 Å². The van der Waals surface area contributed by atoms with E-state index < -0.39 is 24.1 Å². The van der Waals surface area contributed by atoms with Crippen LogP contribution in [-0.4, -0.2) is 81.6 Å². The maximum atomic E-state index is 12.8. The Bertz CT molecular complexity index is 989. The number of phenols is 4. The van der Waals surface area contributed by atoms with Crippen molar-refractivity contribution in [3.8, 4) is 23.0 Å². The molecule has 0 amide bonds. The maximum Gasteiger partial charge on any atom is 0.418 e. The summed E-state index contributed by atoms with van der Waals surface area (Å²) in [5, 5.41) is 45.6. The molecule has 0 heterocycles. The highest BCUT2D eigenvalue weighted by molar-refractivity contribution is 7.99. The molecule has 0 spiro atoms. The summed E-state index contributed by atoms with van der Waals surface area (Å²) in [6.45, 7) is 5.83. The predicted molar refractivity (Wildman–Crippen MR) is 158 cm³/mol. The van der Waals surface area contributed by atoms with Gasteiger partial charge in [0.05, 0.1) is 0 Å². The normalized spacial score (nSPS) is 12.6. The minimum absolute atomic E-state index is 0.173. The van der Waals surface area contributed by atoms with Crippen LogP contribution in [0.5, 0.6) is 23.0 Å². The van der Waals surface area contributed by atoms with Crippen molar-refractivity contribution in [2.45, 2.75) is 38.9 Å². The molecule has 0 unspecified atom stereocenters. The molecule has 0 bridgehead atoms. The minimum atomic E-state index is -1.23. The number of aromatic hydroxyl groups is 4. The Balaban J connectivity index is 2.09. The Labute approximate surface area is 243 Å². The van der Waals surface area contributed by atoms with Gasteiger partial charge >= 0.3 is 11.9 Å². The second-order valence-electron chi connectivity index (χ2n) is 8.79. The summed E-state index contributed by atoms with van der Waals surface area (Å²) in [6, 6.07) is 8.09. The molecule has 0 aliphatic rings. The van der Waals surface area contributed by atoms with Crippen molar-refractivity contribution in [2.24, 2.45) is 0 Å². The lowest BCUT2D eigenvalue weighted by molar-refractivity contribution is -0.174. The molecule has 2 atom stereocenters. The molecule has 0 radical (unpaired) electrons. The summed E-state index contributed by atoms with van der Waals surface area (Å²) in [5.74, 6) is 0.131. The van der Waals surface area contributed by atoms with Crippen molar-refractivity contribution in [1.29, 1.82) is 0 Å². The molecule has 0 aromatic heterocycles. The second-order valence-corrected chi connectivity index (χ2v) is 11.6. The zero-order chi connectivity index (χ0) is 29.3. The van der Waals surface area contributed by atoms with Crippen LogP contribution in [0.15, 0.2) is 36.4 Å². The lowest BCUT2D eigenvalue weighted by Crippen LogP contribution is -2.32. The van der Waals surface area contributed by atoms with Gasteiger partial charge in [-0.3, -0.25) is 0 Å². The zero-order valence-electron chi connectivity index (χ0n) is 22.9. The molecule has 0 fully saturated rings. The number of nitrogens with one attached hydrogen (secondary N) is 2. The average molecular weight is 597 g/mol. The quantitative estimate of drug-likeness (QED) is 0.0640. The summed E-state index contributed by atoms with van der Waals surface area (Å²) in [7, 11) is 0. The van der Waals surface area contributed by atoms with Crippen LogP contribution in [0.25, 0.3) is 0 Å². The molecule has 2 aromatic rings. The van der Waals surface area contributed by atoms with Gasteiger partial charge in [0.25, 0.3) is 0 Å². The number of hydrogen-bond donors (Lipinski definition) is 6. The monoisotopic (exact) mass is 596 g/mol. The summed E-state index contributed by atoms with van der Waals surface area (Å²) < 4.78 is 11.0. The van der Waals surface area contributed by atoms with E-state index in [0.29, 0.717) is 24.2 Å². The number of hydrogen-bond acceptors (Lipinski definition) is 12. The molecule has 0 aliphatic heterocycles. The van der Waals surface area contributed by atoms with Crippen molar-refractivity contribution in [1.82, 2.24) is 10.6 Å². The maximum absolute atomic E-state index is 12.8. The van der Waals surface area contributed by atoms with Gasteiger partial charge in [-0.2, -0.15) is 23.5 Å². The molecule has 0 aliphatic carbocycles. The van der Waals surface area contributed by atoms with Gasteiger partial charge in [-0.1, -0.05) is 26.0 Å². The molecule has 0 saturated carbocycles. The van der Waals surface area contributed by atoms with Crippen molar-refractivity contribution < 1.29 is 39.5 Å². The van der Waals surface area contributed by atoms with Crippen LogP contribution >= 0.6 is 23.5 Å². The second kappa shape index (κ2) is 18.5.